The summed E-state index contributed by atoms with van der Waals surface area (Å²) in [6.45, 7) is 2.88. The van der Waals surface area contributed by atoms with Crippen molar-refractivity contribution >= 4 is 17.3 Å². The Kier molecular flexibility index (Phi) is 3.72. The van der Waals surface area contributed by atoms with E-state index in [0.717, 1.165) is 17.3 Å². The van der Waals surface area contributed by atoms with Gasteiger partial charge in [0.15, 0.2) is 0 Å². The van der Waals surface area contributed by atoms with Gasteiger partial charge in [-0.1, -0.05) is 24.1 Å². The number of hydrogen-bond acceptors (Lipinski definition) is 2. The summed E-state index contributed by atoms with van der Waals surface area (Å²) in [5, 5.41) is 4.37. The van der Waals surface area contributed by atoms with Gasteiger partial charge in [0.2, 0.25) is 0 Å². The third kappa shape index (κ3) is 2.50. The van der Waals surface area contributed by atoms with Crippen LogP contribution in [0.4, 0.5) is 5.69 Å². The number of anilines is 1. The van der Waals surface area contributed by atoms with Gasteiger partial charge in [0, 0.05) is 16.8 Å². The van der Waals surface area contributed by atoms with Crippen LogP contribution in [0.2, 0.25) is 5.02 Å². The zero-order valence-electron chi connectivity index (χ0n) is 9.67. The summed E-state index contributed by atoms with van der Waals surface area (Å²) in [5.41, 5.74) is 8.17. The molecular weight excluding hydrogens is 220 g/mol. The summed E-state index contributed by atoms with van der Waals surface area (Å²) in [7, 11) is 0. The SMILES string of the molecule is Cc1ccc(Cl)cc1NC1CCCC1CN. The molecule has 0 aromatic heterocycles. The predicted octanol–water partition coefficient (Wildman–Crippen LogP) is 3.19. The highest BCUT2D eigenvalue weighted by Gasteiger charge is 2.26. The molecule has 1 aromatic carbocycles. The van der Waals surface area contributed by atoms with Crippen LogP contribution in [0.1, 0.15) is 24.8 Å². The van der Waals surface area contributed by atoms with Gasteiger partial charge < -0.3 is 11.1 Å². The summed E-state index contributed by atoms with van der Waals surface area (Å²) in [6, 6.07) is 6.50. The molecule has 3 heteroatoms. The van der Waals surface area contributed by atoms with Crippen LogP contribution in [0.25, 0.3) is 0 Å². The lowest BCUT2D eigenvalue weighted by atomic mass is 10.0. The zero-order valence-corrected chi connectivity index (χ0v) is 10.4. The Morgan fingerprint density at radius 3 is 3.00 bits per heavy atom. The van der Waals surface area contributed by atoms with Crippen molar-refractivity contribution in [3.63, 3.8) is 0 Å². The number of hydrogen-bond donors (Lipinski definition) is 2. The van der Waals surface area contributed by atoms with Crippen LogP contribution in [0.3, 0.4) is 0 Å². The van der Waals surface area contributed by atoms with E-state index in [1.807, 2.05) is 12.1 Å². The van der Waals surface area contributed by atoms with E-state index in [1.54, 1.807) is 0 Å². The average Bonchev–Trinajstić information content (AvgIpc) is 2.71. The van der Waals surface area contributed by atoms with E-state index in [4.69, 9.17) is 17.3 Å². The summed E-state index contributed by atoms with van der Waals surface area (Å²) >= 11 is 6.01. The standard InChI is InChI=1S/C13H19ClN2/c1-9-5-6-11(14)7-13(9)16-12-4-2-3-10(12)8-15/h5-7,10,12,16H,2-4,8,15H2,1H3. The fourth-order valence-corrected chi connectivity index (χ4v) is 2.63. The number of halogens is 1. The molecule has 0 aliphatic heterocycles. The summed E-state index contributed by atoms with van der Waals surface area (Å²) in [4.78, 5) is 0. The molecular formula is C13H19ClN2. The zero-order chi connectivity index (χ0) is 11.5. The molecule has 16 heavy (non-hydrogen) atoms. The van der Waals surface area contributed by atoms with Crippen LogP contribution < -0.4 is 11.1 Å². The van der Waals surface area contributed by atoms with Gasteiger partial charge in [-0.05, 0) is 49.9 Å². The first-order valence-electron chi connectivity index (χ1n) is 5.93. The van der Waals surface area contributed by atoms with E-state index in [2.05, 4.69) is 18.3 Å². The minimum absolute atomic E-state index is 0.516. The first-order valence-corrected chi connectivity index (χ1v) is 6.31. The fraction of sp³-hybridized carbons (Fsp3) is 0.538. The highest BCUT2D eigenvalue weighted by Crippen LogP contribution is 2.29. The Balaban J connectivity index is 2.11. The topological polar surface area (TPSA) is 38.0 Å². The Morgan fingerprint density at radius 1 is 1.44 bits per heavy atom. The molecule has 0 heterocycles. The van der Waals surface area contributed by atoms with Gasteiger partial charge >= 0.3 is 0 Å². The van der Waals surface area contributed by atoms with Crippen molar-refractivity contribution in [2.45, 2.75) is 32.2 Å². The van der Waals surface area contributed by atoms with Crippen molar-refractivity contribution in [2.24, 2.45) is 11.7 Å². The first kappa shape index (κ1) is 11.7. The van der Waals surface area contributed by atoms with Crippen LogP contribution in [0, 0.1) is 12.8 Å². The van der Waals surface area contributed by atoms with Crippen LogP contribution >= 0.6 is 11.6 Å². The molecule has 1 saturated carbocycles. The van der Waals surface area contributed by atoms with Gasteiger partial charge in [-0.25, -0.2) is 0 Å². The molecule has 2 unspecified atom stereocenters. The second kappa shape index (κ2) is 5.07. The van der Waals surface area contributed by atoms with Crippen molar-refractivity contribution in [3.05, 3.63) is 28.8 Å². The highest BCUT2D eigenvalue weighted by molar-refractivity contribution is 6.30. The van der Waals surface area contributed by atoms with E-state index < -0.39 is 0 Å². The molecule has 2 nitrogen and oxygen atoms in total. The third-order valence-electron chi connectivity index (χ3n) is 3.50. The van der Waals surface area contributed by atoms with Crippen LogP contribution in [-0.4, -0.2) is 12.6 Å². The molecule has 2 rings (SSSR count). The minimum atomic E-state index is 0.516. The van der Waals surface area contributed by atoms with Crippen molar-refractivity contribution in [1.29, 1.82) is 0 Å². The maximum Gasteiger partial charge on any atom is 0.0426 e. The number of nitrogens with two attached hydrogens (primary N) is 1. The Labute approximate surface area is 102 Å². The molecule has 1 aromatic rings. The number of rotatable bonds is 3. The van der Waals surface area contributed by atoms with Gasteiger partial charge in [0.25, 0.3) is 0 Å². The summed E-state index contributed by atoms with van der Waals surface area (Å²) in [6.07, 6.45) is 3.74. The number of benzene rings is 1. The number of aryl methyl sites for hydroxylation is 1. The van der Waals surface area contributed by atoms with Crippen LogP contribution in [-0.2, 0) is 0 Å². The van der Waals surface area contributed by atoms with E-state index in [0.29, 0.717) is 12.0 Å². The molecule has 0 saturated heterocycles. The van der Waals surface area contributed by atoms with Crippen molar-refractivity contribution < 1.29 is 0 Å². The number of nitrogens with one attached hydrogen (secondary N) is 1. The van der Waals surface area contributed by atoms with Gasteiger partial charge in [-0.15, -0.1) is 0 Å². The summed E-state index contributed by atoms with van der Waals surface area (Å²) < 4.78 is 0. The van der Waals surface area contributed by atoms with Crippen molar-refractivity contribution in [3.8, 4) is 0 Å². The van der Waals surface area contributed by atoms with E-state index in [9.17, 15) is 0 Å². The Hall–Kier alpha value is -0.730. The lowest BCUT2D eigenvalue weighted by Crippen LogP contribution is -2.29. The average molecular weight is 239 g/mol. The lowest BCUT2D eigenvalue weighted by molar-refractivity contribution is 0.516. The molecule has 3 N–H and O–H groups in total. The van der Waals surface area contributed by atoms with Gasteiger partial charge in [-0.2, -0.15) is 0 Å². The fourth-order valence-electron chi connectivity index (χ4n) is 2.46. The second-order valence-electron chi connectivity index (χ2n) is 4.64. The summed E-state index contributed by atoms with van der Waals surface area (Å²) in [5.74, 6) is 0.610. The quantitative estimate of drug-likeness (QED) is 0.849. The molecule has 2 atom stereocenters. The molecule has 0 spiro atoms. The normalized spacial score (nSPS) is 24.7. The molecule has 1 aliphatic carbocycles. The van der Waals surface area contributed by atoms with Gasteiger partial charge in [-0.3, -0.25) is 0 Å². The monoisotopic (exact) mass is 238 g/mol. The third-order valence-corrected chi connectivity index (χ3v) is 3.74. The largest absolute Gasteiger partial charge is 0.382 e. The van der Waals surface area contributed by atoms with Crippen LogP contribution in [0.5, 0.6) is 0 Å². The van der Waals surface area contributed by atoms with Crippen LogP contribution in [0.15, 0.2) is 18.2 Å². The Morgan fingerprint density at radius 2 is 2.25 bits per heavy atom. The maximum absolute atomic E-state index is 6.01. The predicted molar refractivity (Wildman–Crippen MR) is 70.0 cm³/mol. The van der Waals surface area contributed by atoms with Gasteiger partial charge in [0.05, 0.1) is 0 Å². The molecule has 0 amide bonds. The molecule has 0 radical (unpaired) electrons. The molecule has 88 valence electrons. The molecule has 0 bridgehead atoms. The second-order valence-corrected chi connectivity index (χ2v) is 5.07. The molecule has 1 fully saturated rings. The van der Waals surface area contributed by atoms with Crippen molar-refractivity contribution in [2.75, 3.05) is 11.9 Å². The van der Waals surface area contributed by atoms with E-state index in [1.165, 1.54) is 24.8 Å². The van der Waals surface area contributed by atoms with Gasteiger partial charge in [0.1, 0.15) is 0 Å². The molecule has 1 aliphatic rings. The minimum Gasteiger partial charge on any atom is -0.382 e. The first-order chi connectivity index (χ1) is 7.70. The van der Waals surface area contributed by atoms with Crippen molar-refractivity contribution in [1.82, 2.24) is 0 Å². The van der Waals surface area contributed by atoms with E-state index >= 15 is 0 Å². The van der Waals surface area contributed by atoms with E-state index in [-0.39, 0.29) is 0 Å². The Bertz CT molecular complexity index is 365. The highest BCUT2D eigenvalue weighted by atomic mass is 35.5. The smallest absolute Gasteiger partial charge is 0.0426 e. The maximum atomic E-state index is 6.01. The lowest BCUT2D eigenvalue weighted by Gasteiger charge is -2.22.